The molecule has 1 heterocycles. The Hall–Kier alpha value is -1.03. The third-order valence-corrected chi connectivity index (χ3v) is 5.45. The number of likely N-dealkylation sites (N-methyl/N-ethyl adjacent to an activating group) is 1. The van der Waals surface area contributed by atoms with Crippen LogP contribution in [0.3, 0.4) is 0 Å². The van der Waals surface area contributed by atoms with Gasteiger partial charge in [-0.05, 0) is 20.9 Å². The summed E-state index contributed by atoms with van der Waals surface area (Å²) in [6.07, 6.45) is 0. The van der Waals surface area contributed by atoms with Crippen LogP contribution >= 0.6 is 11.3 Å². The van der Waals surface area contributed by atoms with Crippen molar-refractivity contribution < 1.29 is 18.3 Å². The standard InChI is InChI=1S/C10H17N3O4S2/c1-7(2)13(3)5-4-12-19(16,17)10-8(9(14)15)11-6-18-10/h6-7,12H,4-5H2,1-3H3,(H,14,15). The zero-order valence-corrected chi connectivity index (χ0v) is 12.6. The van der Waals surface area contributed by atoms with Gasteiger partial charge in [-0.1, -0.05) is 0 Å². The van der Waals surface area contributed by atoms with Gasteiger partial charge in [0.2, 0.25) is 0 Å². The number of carboxylic acid groups (broad SMARTS) is 1. The zero-order chi connectivity index (χ0) is 14.6. The normalized spacial score (nSPS) is 12.3. The van der Waals surface area contributed by atoms with E-state index in [9.17, 15) is 13.2 Å². The molecule has 0 unspecified atom stereocenters. The number of nitrogens with zero attached hydrogens (tertiary/aromatic N) is 2. The summed E-state index contributed by atoms with van der Waals surface area (Å²) in [7, 11) is -1.93. The van der Waals surface area contributed by atoms with Crippen molar-refractivity contribution in [2.45, 2.75) is 24.1 Å². The van der Waals surface area contributed by atoms with E-state index in [0.29, 0.717) is 12.6 Å². The van der Waals surface area contributed by atoms with E-state index in [0.717, 1.165) is 11.3 Å². The highest BCUT2D eigenvalue weighted by Crippen LogP contribution is 2.19. The molecule has 0 amide bonds. The average molecular weight is 307 g/mol. The van der Waals surface area contributed by atoms with Crippen molar-refractivity contribution in [3.63, 3.8) is 0 Å². The second kappa shape index (κ2) is 6.42. The SMILES string of the molecule is CC(C)N(C)CCNS(=O)(=O)c1scnc1C(=O)O. The van der Waals surface area contributed by atoms with Crippen LogP contribution in [0, 0.1) is 0 Å². The lowest BCUT2D eigenvalue weighted by atomic mass is 10.3. The van der Waals surface area contributed by atoms with Crippen molar-refractivity contribution in [1.29, 1.82) is 0 Å². The minimum absolute atomic E-state index is 0.216. The van der Waals surface area contributed by atoms with Crippen LogP contribution in [-0.2, 0) is 10.0 Å². The summed E-state index contributed by atoms with van der Waals surface area (Å²) in [6, 6.07) is 0.308. The third kappa shape index (κ3) is 4.23. The van der Waals surface area contributed by atoms with Crippen LogP contribution in [0.4, 0.5) is 0 Å². The van der Waals surface area contributed by atoms with E-state index in [4.69, 9.17) is 5.11 Å². The molecule has 0 saturated heterocycles. The first-order chi connectivity index (χ1) is 8.75. The highest BCUT2D eigenvalue weighted by atomic mass is 32.2. The van der Waals surface area contributed by atoms with Gasteiger partial charge in [0.05, 0.1) is 5.51 Å². The molecule has 1 aromatic heterocycles. The van der Waals surface area contributed by atoms with Crippen LogP contribution in [0.2, 0.25) is 0 Å². The summed E-state index contributed by atoms with van der Waals surface area (Å²) < 4.78 is 26.0. The number of nitrogens with one attached hydrogen (secondary N) is 1. The molecule has 0 atom stereocenters. The largest absolute Gasteiger partial charge is 0.476 e. The van der Waals surface area contributed by atoms with Gasteiger partial charge >= 0.3 is 5.97 Å². The lowest BCUT2D eigenvalue weighted by Gasteiger charge is -2.20. The maximum absolute atomic E-state index is 11.9. The minimum Gasteiger partial charge on any atom is -0.476 e. The Kier molecular flexibility index (Phi) is 5.41. The highest BCUT2D eigenvalue weighted by Gasteiger charge is 2.25. The van der Waals surface area contributed by atoms with Gasteiger partial charge in [-0.3, -0.25) is 0 Å². The number of hydrogen-bond donors (Lipinski definition) is 2. The van der Waals surface area contributed by atoms with E-state index >= 15 is 0 Å². The molecular formula is C10H17N3O4S2. The fourth-order valence-electron chi connectivity index (χ4n) is 1.25. The first-order valence-electron chi connectivity index (χ1n) is 5.62. The van der Waals surface area contributed by atoms with E-state index in [1.54, 1.807) is 0 Å². The van der Waals surface area contributed by atoms with E-state index in [-0.39, 0.29) is 10.8 Å². The molecule has 0 aromatic carbocycles. The summed E-state index contributed by atoms with van der Waals surface area (Å²) in [5.74, 6) is -1.35. The molecule has 0 aliphatic rings. The maximum Gasteiger partial charge on any atom is 0.356 e. The number of aromatic nitrogens is 1. The number of carbonyl (C=O) groups is 1. The van der Waals surface area contributed by atoms with Gasteiger partial charge in [-0.15, -0.1) is 11.3 Å². The second-order valence-electron chi connectivity index (χ2n) is 4.27. The number of thiazole rings is 1. The van der Waals surface area contributed by atoms with Crippen molar-refractivity contribution in [2.24, 2.45) is 0 Å². The Bertz CT molecular complexity index is 539. The van der Waals surface area contributed by atoms with E-state index in [1.165, 1.54) is 5.51 Å². The highest BCUT2D eigenvalue weighted by molar-refractivity contribution is 7.91. The molecule has 1 aromatic rings. The van der Waals surface area contributed by atoms with Gasteiger partial charge in [-0.2, -0.15) is 0 Å². The second-order valence-corrected chi connectivity index (χ2v) is 7.08. The number of carboxylic acids is 1. The predicted octanol–water partition coefficient (Wildman–Crippen LogP) is 0.460. The number of rotatable bonds is 7. The van der Waals surface area contributed by atoms with Crippen LogP contribution < -0.4 is 4.72 Å². The van der Waals surface area contributed by atoms with Crippen molar-refractivity contribution in [1.82, 2.24) is 14.6 Å². The fraction of sp³-hybridized carbons (Fsp3) is 0.600. The Morgan fingerprint density at radius 1 is 1.58 bits per heavy atom. The van der Waals surface area contributed by atoms with Crippen LogP contribution in [-0.4, -0.2) is 55.6 Å². The van der Waals surface area contributed by atoms with E-state index < -0.39 is 21.7 Å². The molecule has 2 N–H and O–H groups in total. The quantitative estimate of drug-likeness (QED) is 0.759. The summed E-state index contributed by atoms with van der Waals surface area (Å²) in [5.41, 5.74) is 0.771. The van der Waals surface area contributed by atoms with Crippen molar-refractivity contribution in [2.75, 3.05) is 20.1 Å². The summed E-state index contributed by atoms with van der Waals surface area (Å²) in [4.78, 5) is 16.4. The molecule has 0 fully saturated rings. The van der Waals surface area contributed by atoms with Gasteiger partial charge in [-0.25, -0.2) is 22.9 Å². The molecule has 108 valence electrons. The molecule has 0 bridgehead atoms. The average Bonchev–Trinajstić information content (AvgIpc) is 2.77. The number of aromatic carboxylic acids is 1. The Morgan fingerprint density at radius 2 is 2.21 bits per heavy atom. The van der Waals surface area contributed by atoms with Crippen LogP contribution in [0.15, 0.2) is 9.72 Å². The van der Waals surface area contributed by atoms with Gasteiger partial charge in [0, 0.05) is 19.1 Å². The minimum atomic E-state index is -3.82. The smallest absolute Gasteiger partial charge is 0.356 e. The molecular weight excluding hydrogens is 290 g/mol. The Morgan fingerprint density at radius 3 is 2.74 bits per heavy atom. The monoisotopic (exact) mass is 307 g/mol. The zero-order valence-electron chi connectivity index (χ0n) is 11.0. The lowest BCUT2D eigenvalue weighted by molar-refractivity contribution is 0.0687. The van der Waals surface area contributed by atoms with Gasteiger partial charge < -0.3 is 10.0 Å². The van der Waals surface area contributed by atoms with Gasteiger partial charge in [0.25, 0.3) is 10.0 Å². The Balaban J connectivity index is 2.72. The topological polar surface area (TPSA) is 99.6 Å². The van der Waals surface area contributed by atoms with Gasteiger partial charge in [0.15, 0.2) is 9.90 Å². The van der Waals surface area contributed by atoms with E-state index in [1.807, 2.05) is 25.8 Å². The molecule has 0 spiro atoms. The number of hydrogen-bond acceptors (Lipinski definition) is 6. The maximum atomic E-state index is 11.9. The van der Waals surface area contributed by atoms with Gasteiger partial charge in [0.1, 0.15) is 0 Å². The molecule has 0 aliphatic carbocycles. The third-order valence-electron chi connectivity index (χ3n) is 2.62. The molecule has 1 rings (SSSR count). The fourth-order valence-corrected chi connectivity index (χ4v) is 3.45. The predicted molar refractivity (Wildman–Crippen MR) is 72.0 cm³/mol. The van der Waals surface area contributed by atoms with Crippen LogP contribution in [0.5, 0.6) is 0 Å². The van der Waals surface area contributed by atoms with E-state index in [2.05, 4.69) is 9.71 Å². The van der Waals surface area contributed by atoms with Crippen molar-refractivity contribution >= 4 is 27.3 Å². The molecule has 9 heteroatoms. The molecule has 7 nitrogen and oxygen atoms in total. The summed E-state index contributed by atoms with van der Waals surface area (Å²) in [6.45, 7) is 4.76. The lowest BCUT2D eigenvalue weighted by Crippen LogP contribution is -2.36. The van der Waals surface area contributed by atoms with Crippen molar-refractivity contribution in [3.8, 4) is 0 Å². The van der Waals surface area contributed by atoms with Crippen molar-refractivity contribution in [3.05, 3.63) is 11.2 Å². The van der Waals surface area contributed by atoms with Crippen LogP contribution in [0.25, 0.3) is 0 Å². The Labute approximate surface area is 116 Å². The number of sulfonamides is 1. The van der Waals surface area contributed by atoms with Crippen LogP contribution in [0.1, 0.15) is 24.3 Å². The first kappa shape index (κ1) is 16.0. The first-order valence-corrected chi connectivity index (χ1v) is 7.98. The molecule has 19 heavy (non-hydrogen) atoms. The molecule has 0 aliphatic heterocycles. The summed E-state index contributed by atoms with van der Waals surface area (Å²) >= 11 is 0.794. The summed E-state index contributed by atoms with van der Waals surface area (Å²) in [5, 5.41) is 8.85. The molecule has 0 radical (unpaired) electrons. The molecule has 0 saturated carbocycles.